The lowest BCUT2D eigenvalue weighted by atomic mass is 9.71. The lowest BCUT2D eigenvalue weighted by molar-refractivity contribution is 0.133. The first-order valence-electron chi connectivity index (χ1n) is 15.0. The predicted octanol–water partition coefficient (Wildman–Crippen LogP) is 5.30. The van der Waals surface area contributed by atoms with Crippen molar-refractivity contribution < 1.29 is 24.3 Å². The van der Waals surface area contributed by atoms with Gasteiger partial charge in [0.15, 0.2) is 0 Å². The Morgan fingerprint density at radius 1 is 0.800 bits per heavy atom. The predicted molar refractivity (Wildman–Crippen MR) is 103 cm³/mol. The van der Waals surface area contributed by atoms with Crippen LogP contribution < -0.4 is 0 Å². The van der Waals surface area contributed by atoms with Gasteiger partial charge >= 0.3 is 0 Å². The van der Waals surface area contributed by atoms with E-state index in [1.807, 2.05) is 0 Å². The van der Waals surface area contributed by atoms with E-state index in [0.717, 1.165) is 0 Å². The van der Waals surface area contributed by atoms with E-state index >= 15 is 0 Å². The van der Waals surface area contributed by atoms with E-state index in [0.29, 0.717) is 0 Å². The minimum Gasteiger partial charge on any atom is -0.392 e. The maximum atomic E-state index is 11.3. The summed E-state index contributed by atoms with van der Waals surface area (Å²) in [5.41, 5.74) is -0.214. The first-order chi connectivity index (χ1) is 18.1. The Balaban J connectivity index is 1.91. The molecule has 0 aromatic heterocycles. The van der Waals surface area contributed by atoms with E-state index in [-0.39, 0.29) is 41.5 Å². The maximum Gasteiger partial charge on any atom is 0.0649 e. The normalized spacial score (nSPS) is 28.5. The largest absolute Gasteiger partial charge is 0.392 e. The molecule has 0 aliphatic heterocycles. The van der Waals surface area contributed by atoms with E-state index in [1.54, 1.807) is 0 Å². The molecule has 3 aromatic carbocycles. The van der Waals surface area contributed by atoms with Crippen LogP contribution in [-0.2, 0) is 6.42 Å². The van der Waals surface area contributed by atoms with Gasteiger partial charge in [0, 0.05) is 11.8 Å². The summed E-state index contributed by atoms with van der Waals surface area (Å²) in [7, 11) is 0. The highest BCUT2D eigenvalue weighted by Gasteiger charge is 2.31. The summed E-state index contributed by atoms with van der Waals surface area (Å²) in [5, 5.41) is 11.3. The van der Waals surface area contributed by atoms with Gasteiger partial charge in [-0.2, -0.15) is 0 Å². The molecule has 0 fully saturated rings. The number of aliphatic hydroxyl groups excluding tert-OH is 1. The number of hydrogen-bond donors (Lipinski definition) is 1. The molecule has 1 N–H and O–H groups in total. The lowest BCUT2D eigenvalue weighted by Gasteiger charge is -2.34. The molecule has 4 rings (SSSR count). The standard InChI is InChI=1S/C24H24O/c25-24(17-18-9-3-1-4-10-18)23-16-15-20(19-11-5-2-6-12-19)21-13-7-8-14-22(21)23/h1-14,20,23-25H,15-17H2/i1D,2D,3D,4D,5D,6D,7D,8D,9D,10D,11D,12D,13D,14D. The van der Waals surface area contributed by atoms with Crippen LogP contribution in [0.3, 0.4) is 0 Å². The third-order valence-electron chi connectivity index (χ3n) is 4.53. The van der Waals surface area contributed by atoms with E-state index in [4.69, 9.17) is 19.2 Å². The van der Waals surface area contributed by atoms with Crippen molar-refractivity contribution >= 4 is 0 Å². The van der Waals surface area contributed by atoms with Crippen LogP contribution >= 0.6 is 0 Å². The molecule has 1 heteroatoms. The van der Waals surface area contributed by atoms with Crippen molar-refractivity contribution in [3.63, 3.8) is 0 Å². The molecule has 0 saturated heterocycles. The van der Waals surface area contributed by atoms with Crippen molar-refractivity contribution in [2.75, 3.05) is 0 Å². The van der Waals surface area contributed by atoms with Gasteiger partial charge in [-0.25, -0.2) is 0 Å². The van der Waals surface area contributed by atoms with Crippen molar-refractivity contribution in [3.05, 3.63) is 107 Å². The molecule has 3 atom stereocenters. The Bertz CT molecular complexity index is 1460. The molecular weight excluding hydrogens is 304 g/mol. The molecule has 3 unspecified atom stereocenters. The average Bonchev–Trinajstić information content (AvgIpc) is 2.92. The van der Waals surface area contributed by atoms with Gasteiger partial charge in [0.2, 0.25) is 0 Å². The van der Waals surface area contributed by atoms with Gasteiger partial charge in [0.25, 0.3) is 0 Å². The summed E-state index contributed by atoms with van der Waals surface area (Å²) in [6, 6.07) is -7.43. The summed E-state index contributed by atoms with van der Waals surface area (Å²) in [5.74, 6) is -1.93. The summed E-state index contributed by atoms with van der Waals surface area (Å²) in [6.07, 6.45) is -1.64. The summed E-state index contributed by atoms with van der Waals surface area (Å²) >= 11 is 0. The molecule has 1 aliphatic rings. The molecule has 0 saturated carbocycles. The highest BCUT2D eigenvalue weighted by Crippen LogP contribution is 2.43. The first kappa shape index (κ1) is 6.74. The molecule has 25 heavy (non-hydrogen) atoms. The quantitative estimate of drug-likeness (QED) is 0.682. The van der Waals surface area contributed by atoms with Crippen LogP contribution in [0, 0.1) is 0 Å². The Labute approximate surface area is 169 Å². The van der Waals surface area contributed by atoms with Crippen LogP contribution in [0.4, 0.5) is 0 Å². The number of fused-ring (bicyclic) bond motifs is 1. The van der Waals surface area contributed by atoms with Crippen molar-refractivity contribution in [1.82, 2.24) is 0 Å². The molecule has 0 heterocycles. The fraction of sp³-hybridized carbons (Fsp3) is 0.250. The second kappa shape index (κ2) is 7.25. The van der Waals surface area contributed by atoms with Crippen LogP contribution in [0.15, 0.2) is 84.6 Å². The summed E-state index contributed by atoms with van der Waals surface area (Å²) < 4.78 is 114. The van der Waals surface area contributed by atoms with Gasteiger partial charge in [-0.15, -0.1) is 0 Å². The molecule has 0 amide bonds. The molecule has 0 bridgehead atoms. The Kier molecular flexibility index (Phi) is 1.95. The highest BCUT2D eigenvalue weighted by molar-refractivity contribution is 5.42. The third kappa shape index (κ3) is 3.38. The van der Waals surface area contributed by atoms with Gasteiger partial charge in [0.05, 0.1) is 25.3 Å². The molecule has 3 aromatic rings. The van der Waals surface area contributed by atoms with E-state index in [1.165, 1.54) is 0 Å². The second-order valence-electron chi connectivity index (χ2n) is 5.98. The van der Waals surface area contributed by atoms with E-state index < -0.39 is 103 Å². The van der Waals surface area contributed by atoms with Crippen molar-refractivity contribution in [2.45, 2.75) is 37.2 Å². The van der Waals surface area contributed by atoms with Gasteiger partial charge in [-0.3, -0.25) is 0 Å². The summed E-state index contributed by atoms with van der Waals surface area (Å²) in [4.78, 5) is 0. The zero-order chi connectivity index (χ0) is 29.2. The monoisotopic (exact) mass is 342 g/mol. The molecular formula is C24H24O. The number of rotatable bonds is 4. The molecule has 1 aliphatic carbocycles. The van der Waals surface area contributed by atoms with Crippen molar-refractivity contribution in [1.29, 1.82) is 0 Å². The Morgan fingerprint density at radius 2 is 1.40 bits per heavy atom. The second-order valence-corrected chi connectivity index (χ2v) is 5.98. The fourth-order valence-electron chi connectivity index (χ4n) is 3.37. The van der Waals surface area contributed by atoms with Gasteiger partial charge in [-0.05, 0) is 41.5 Å². The maximum absolute atomic E-state index is 11.3. The third-order valence-corrected chi connectivity index (χ3v) is 4.53. The number of hydrogen-bond acceptors (Lipinski definition) is 1. The highest BCUT2D eigenvalue weighted by atomic mass is 16.3. The van der Waals surface area contributed by atoms with Gasteiger partial charge in [0.1, 0.15) is 0 Å². The van der Waals surface area contributed by atoms with Crippen LogP contribution in [0.1, 0.15) is 66.1 Å². The van der Waals surface area contributed by atoms with Crippen molar-refractivity contribution in [3.8, 4) is 0 Å². The fourth-order valence-corrected chi connectivity index (χ4v) is 3.37. The van der Waals surface area contributed by atoms with Gasteiger partial charge in [-0.1, -0.05) is 84.6 Å². The smallest absolute Gasteiger partial charge is 0.0649 e. The van der Waals surface area contributed by atoms with Crippen LogP contribution in [0.5, 0.6) is 0 Å². The zero-order valence-corrected chi connectivity index (χ0v) is 13.3. The lowest BCUT2D eigenvalue weighted by Crippen LogP contribution is -2.26. The molecule has 0 spiro atoms. The van der Waals surface area contributed by atoms with Gasteiger partial charge < -0.3 is 5.11 Å². The van der Waals surface area contributed by atoms with Crippen molar-refractivity contribution in [2.24, 2.45) is 0 Å². The number of aliphatic hydroxyl groups is 1. The van der Waals surface area contributed by atoms with Crippen LogP contribution in [0.25, 0.3) is 0 Å². The van der Waals surface area contributed by atoms with Crippen LogP contribution in [0.2, 0.25) is 0 Å². The minimum atomic E-state index is -1.41. The minimum absolute atomic E-state index is 0.0101. The number of benzene rings is 3. The average molecular weight is 343 g/mol. The first-order valence-corrected chi connectivity index (χ1v) is 8.04. The molecule has 0 radical (unpaired) electrons. The Morgan fingerprint density at radius 3 is 2.12 bits per heavy atom. The summed E-state index contributed by atoms with van der Waals surface area (Å²) in [6.45, 7) is 0. The SMILES string of the molecule is [2H]c1c([2H])c([2H])c(CC(O)C2CCC(c3c([2H])c([2H])c([2H])c([2H])c3[2H])c3c([2H])c([2H])c([2H])c([2H])c32)c([2H])c1[2H]. The van der Waals surface area contributed by atoms with E-state index in [2.05, 4.69) is 0 Å². The molecule has 1 nitrogen and oxygen atoms in total. The zero-order valence-electron chi connectivity index (χ0n) is 27.3. The van der Waals surface area contributed by atoms with E-state index in [9.17, 15) is 5.11 Å². The van der Waals surface area contributed by atoms with Crippen LogP contribution in [-0.4, -0.2) is 11.2 Å². The molecule has 126 valence electrons. The Hall–Kier alpha value is -2.38. The topological polar surface area (TPSA) is 20.2 Å².